The van der Waals surface area contributed by atoms with Crippen molar-refractivity contribution in [3.63, 3.8) is 0 Å². The zero-order chi connectivity index (χ0) is 15.9. The Labute approximate surface area is 129 Å². The highest BCUT2D eigenvalue weighted by molar-refractivity contribution is 5.35. The third kappa shape index (κ3) is 5.40. The molecule has 116 valence electrons. The standard InChI is InChI=1S/C18H28N2O/c1-6-18(13-19,20-14(2)3)10-7-11-21-17-12-15(4)8-9-16(17)5/h8-9,12,14,20H,6-7,10-11H2,1-5H3. The van der Waals surface area contributed by atoms with Crippen molar-refractivity contribution in [3.8, 4) is 11.8 Å². The van der Waals surface area contributed by atoms with E-state index < -0.39 is 5.54 Å². The molecule has 0 aliphatic carbocycles. The first kappa shape index (κ1) is 17.5. The summed E-state index contributed by atoms with van der Waals surface area (Å²) in [6, 6.07) is 9.00. The van der Waals surface area contributed by atoms with E-state index in [0.29, 0.717) is 12.6 Å². The van der Waals surface area contributed by atoms with Gasteiger partial charge >= 0.3 is 0 Å². The zero-order valence-corrected chi connectivity index (χ0v) is 14.0. The normalized spacial score (nSPS) is 13.8. The van der Waals surface area contributed by atoms with E-state index in [2.05, 4.69) is 64.2 Å². The summed E-state index contributed by atoms with van der Waals surface area (Å²) in [5.41, 5.74) is 1.93. The molecule has 3 nitrogen and oxygen atoms in total. The van der Waals surface area contributed by atoms with Gasteiger partial charge in [0.05, 0.1) is 12.7 Å². The second kappa shape index (κ2) is 8.05. The molecule has 3 heteroatoms. The summed E-state index contributed by atoms with van der Waals surface area (Å²) in [5.74, 6) is 0.950. The Morgan fingerprint density at radius 1 is 1.33 bits per heavy atom. The van der Waals surface area contributed by atoms with Crippen LogP contribution in [0.5, 0.6) is 5.75 Å². The van der Waals surface area contributed by atoms with E-state index in [1.807, 2.05) is 0 Å². The average Bonchev–Trinajstić information content (AvgIpc) is 2.45. The van der Waals surface area contributed by atoms with Crippen LogP contribution in [0.15, 0.2) is 18.2 Å². The summed E-state index contributed by atoms with van der Waals surface area (Å²) in [6.07, 6.45) is 2.49. The molecule has 0 bridgehead atoms. The van der Waals surface area contributed by atoms with E-state index in [1.165, 1.54) is 5.56 Å². The Kier molecular flexibility index (Phi) is 6.71. The van der Waals surface area contributed by atoms with Crippen LogP contribution in [0.1, 0.15) is 51.2 Å². The largest absolute Gasteiger partial charge is 0.493 e. The number of hydrogen-bond donors (Lipinski definition) is 1. The number of hydrogen-bond acceptors (Lipinski definition) is 3. The molecule has 1 aromatic carbocycles. The number of aryl methyl sites for hydroxylation is 2. The number of ether oxygens (including phenoxy) is 1. The van der Waals surface area contributed by atoms with Crippen LogP contribution >= 0.6 is 0 Å². The fourth-order valence-electron chi connectivity index (χ4n) is 2.49. The van der Waals surface area contributed by atoms with E-state index in [-0.39, 0.29) is 0 Å². The Bertz CT molecular complexity index is 490. The molecular formula is C18H28N2O. The molecule has 0 radical (unpaired) electrons. The quantitative estimate of drug-likeness (QED) is 0.731. The predicted octanol–water partition coefficient (Wildman–Crippen LogP) is 4.13. The van der Waals surface area contributed by atoms with Gasteiger partial charge in [0.2, 0.25) is 0 Å². The molecule has 1 rings (SSSR count). The van der Waals surface area contributed by atoms with Crippen LogP contribution < -0.4 is 10.1 Å². The van der Waals surface area contributed by atoms with Crippen molar-refractivity contribution < 1.29 is 4.74 Å². The van der Waals surface area contributed by atoms with Crippen LogP contribution in [0.25, 0.3) is 0 Å². The van der Waals surface area contributed by atoms with Crippen LogP contribution in [0.4, 0.5) is 0 Å². The van der Waals surface area contributed by atoms with Gasteiger partial charge in [-0.1, -0.05) is 19.1 Å². The van der Waals surface area contributed by atoms with Crippen molar-refractivity contribution in [2.45, 2.75) is 65.5 Å². The Morgan fingerprint density at radius 3 is 2.62 bits per heavy atom. The first-order valence-electron chi connectivity index (χ1n) is 7.81. The maximum absolute atomic E-state index is 9.47. The van der Waals surface area contributed by atoms with E-state index in [0.717, 1.165) is 30.6 Å². The third-order valence-electron chi connectivity index (χ3n) is 3.73. The molecule has 0 saturated carbocycles. The van der Waals surface area contributed by atoms with Gasteiger partial charge in [-0.05, 0) is 64.2 Å². The third-order valence-corrected chi connectivity index (χ3v) is 3.73. The van der Waals surface area contributed by atoms with Crippen LogP contribution in [0.2, 0.25) is 0 Å². The summed E-state index contributed by atoms with van der Waals surface area (Å²) in [7, 11) is 0. The van der Waals surface area contributed by atoms with Crippen LogP contribution in [-0.4, -0.2) is 18.2 Å². The molecule has 1 atom stereocenters. The van der Waals surface area contributed by atoms with Gasteiger partial charge in [-0.3, -0.25) is 5.32 Å². The Hall–Kier alpha value is -1.53. The van der Waals surface area contributed by atoms with Crippen LogP contribution in [0, 0.1) is 25.2 Å². The first-order chi connectivity index (χ1) is 9.92. The minimum Gasteiger partial charge on any atom is -0.493 e. The van der Waals surface area contributed by atoms with Crippen molar-refractivity contribution in [1.29, 1.82) is 5.26 Å². The van der Waals surface area contributed by atoms with Gasteiger partial charge in [0, 0.05) is 6.04 Å². The molecule has 0 heterocycles. The van der Waals surface area contributed by atoms with Gasteiger partial charge in [0.25, 0.3) is 0 Å². The highest BCUT2D eigenvalue weighted by atomic mass is 16.5. The molecule has 0 saturated heterocycles. The lowest BCUT2D eigenvalue weighted by molar-refractivity contribution is 0.267. The van der Waals surface area contributed by atoms with E-state index in [1.54, 1.807) is 0 Å². The smallest absolute Gasteiger partial charge is 0.122 e. The van der Waals surface area contributed by atoms with Gasteiger partial charge in [-0.15, -0.1) is 0 Å². The monoisotopic (exact) mass is 288 g/mol. The summed E-state index contributed by atoms with van der Waals surface area (Å²) in [5, 5.41) is 12.9. The molecule has 0 fully saturated rings. The number of nitriles is 1. The SMILES string of the molecule is CCC(C#N)(CCCOc1cc(C)ccc1C)NC(C)C. The van der Waals surface area contributed by atoms with E-state index in [4.69, 9.17) is 4.74 Å². The molecule has 0 aliphatic rings. The summed E-state index contributed by atoms with van der Waals surface area (Å²) < 4.78 is 5.87. The Morgan fingerprint density at radius 2 is 2.05 bits per heavy atom. The maximum atomic E-state index is 9.47. The molecular weight excluding hydrogens is 260 g/mol. The van der Waals surface area contributed by atoms with E-state index >= 15 is 0 Å². The summed E-state index contributed by atoms with van der Waals surface area (Å²) in [4.78, 5) is 0. The number of nitrogens with zero attached hydrogens (tertiary/aromatic N) is 1. The summed E-state index contributed by atoms with van der Waals surface area (Å²) in [6.45, 7) is 11.0. The lowest BCUT2D eigenvalue weighted by Crippen LogP contribution is -2.47. The molecule has 0 spiro atoms. The lowest BCUT2D eigenvalue weighted by Gasteiger charge is -2.29. The maximum Gasteiger partial charge on any atom is 0.122 e. The average molecular weight is 288 g/mol. The molecule has 21 heavy (non-hydrogen) atoms. The summed E-state index contributed by atoms with van der Waals surface area (Å²) >= 11 is 0. The molecule has 0 aliphatic heterocycles. The van der Waals surface area contributed by atoms with Crippen molar-refractivity contribution in [3.05, 3.63) is 29.3 Å². The van der Waals surface area contributed by atoms with Crippen molar-refractivity contribution >= 4 is 0 Å². The second-order valence-electron chi connectivity index (χ2n) is 6.07. The van der Waals surface area contributed by atoms with Crippen molar-refractivity contribution in [2.75, 3.05) is 6.61 Å². The van der Waals surface area contributed by atoms with Crippen molar-refractivity contribution in [2.24, 2.45) is 0 Å². The topological polar surface area (TPSA) is 45.0 Å². The molecule has 0 amide bonds. The predicted molar refractivity (Wildman–Crippen MR) is 87.6 cm³/mol. The minimum atomic E-state index is -0.431. The highest BCUT2D eigenvalue weighted by Crippen LogP contribution is 2.21. The van der Waals surface area contributed by atoms with Gasteiger partial charge in [0.1, 0.15) is 11.3 Å². The minimum absolute atomic E-state index is 0.310. The van der Waals surface area contributed by atoms with Crippen LogP contribution in [-0.2, 0) is 0 Å². The second-order valence-corrected chi connectivity index (χ2v) is 6.07. The molecule has 0 aromatic heterocycles. The van der Waals surface area contributed by atoms with Gasteiger partial charge < -0.3 is 4.74 Å². The fourth-order valence-corrected chi connectivity index (χ4v) is 2.49. The zero-order valence-electron chi connectivity index (χ0n) is 14.0. The number of rotatable bonds is 8. The fraction of sp³-hybridized carbons (Fsp3) is 0.611. The molecule has 1 N–H and O–H groups in total. The number of nitrogens with one attached hydrogen (secondary N) is 1. The van der Waals surface area contributed by atoms with Crippen molar-refractivity contribution in [1.82, 2.24) is 5.32 Å². The first-order valence-corrected chi connectivity index (χ1v) is 7.81. The van der Waals surface area contributed by atoms with Gasteiger partial charge in [-0.25, -0.2) is 0 Å². The lowest BCUT2D eigenvalue weighted by atomic mass is 9.91. The Balaban J connectivity index is 2.52. The highest BCUT2D eigenvalue weighted by Gasteiger charge is 2.27. The van der Waals surface area contributed by atoms with E-state index in [9.17, 15) is 5.26 Å². The van der Waals surface area contributed by atoms with Gasteiger partial charge in [-0.2, -0.15) is 5.26 Å². The molecule has 1 aromatic rings. The molecule has 1 unspecified atom stereocenters. The van der Waals surface area contributed by atoms with Gasteiger partial charge in [0.15, 0.2) is 0 Å². The van der Waals surface area contributed by atoms with Crippen LogP contribution in [0.3, 0.4) is 0 Å². The number of benzene rings is 1.